The van der Waals surface area contributed by atoms with Crippen LogP contribution in [0.4, 0.5) is 0 Å². The van der Waals surface area contributed by atoms with E-state index in [1.54, 1.807) is 0 Å². The van der Waals surface area contributed by atoms with Gasteiger partial charge in [0, 0.05) is 31.0 Å². The van der Waals surface area contributed by atoms with Crippen molar-refractivity contribution in [3.63, 3.8) is 0 Å². The summed E-state index contributed by atoms with van der Waals surface area (Å²) in [6.45, 7) is 5.20. The van der Waals surface area contributed by atoms with Crippen LogP contribution in [-0.4, -0.2) is 21.8 Å². The van der Waals surface area contributed by atoms with Crippen molar-refractivity contribution in [2.24, 2.45) is 7.05 Å². The maximum Gasteiger partial charge on any atom is 0.0610 e. The van der Waals surface area contributed by atoms with E-state index in [1.807, 2.05) is 19.3 Å². The van der Waals surface area contributed by atoms with Gasteiger partial charge in [-0.3, -0.25) is 0 Å². The molecule has 1 aromatic heterocycles. The predicted molar refractivity (Wildman–Crippen MR) is 62.7 cm³/mol. The number of aliphatic hydroxyl groups excluding tert-OH is 1. The van der Waals surface area contributed by atoms with Gasteiger partial charge in [0.15, 0.2) is 0 Å². The van der Waals surface area contributed by atoms with Crippen LogP contribution in [0.25, 0.3) is 0 Å². The molecule has 0 saturated heterocycles. The molecule has 86 valence electrons. The maximum atomic E-state index is 9.35. The van der Waals surface area contributed by atoms with Gasteiger partial charge in [0.1, 0.15) is 0 Å². The van der Waals surface area contributed by atoms with Gasteiger partial charge in [0.25, 0.3) is 0 Å². The summed E-state index contributed by atoms with van der Waals surface area (Å²) < 4.78 is 2.09. The molecular weight excluding hydrogens is 188 g/mol. The van der Waals surface area contributed by atoms with Crippen LogP contribution in [-0.2, 0) is 13.6 Å². The SMILES string of the molecule is CCC[C@](C)(CO)NCc1cccn1C. The Labute approximate surface area is 92.1 Å². The molecule has 0 radical (unpaired) electrons. The molecule has 0 unspecified atom stereocenters. The Balaban J connectivity index is 2.51. The molecular formula is C12H22N2O. The first-order chi connectivity index (χ1) is 7.11. The van der Waals surface area contributed by atoms with Crippen LogP contribution in [0.2, 0.25) is 0 Å². The predicted octanol–water partition coefficient (Wildman–Crippen LogP) is 1.67. The lowest BCUT2D eigenvalue weighted by atomic mass is 9.97. The van der Waals surface area contributed by atoms with Crippen molar-refractivity contribution >= 4 is 0 Å². The highest BCUT2D eigenvalue weighted by atomic mass is 16.3. The van der Waals surface area contributed by atoms with Crippen LogP contribution < -0.4 is 5.32 Å². The number of rotatable bonds is 6. The molecule has 0 saturated carbocycles. The fourth-order valence-corrected chi connectivity index (χ4v) is 1.76. The van der Waals surface area contributed by atoms with E-state index in [0.717, 1.165) is 19.4 Å². The second kappa shape index (κ2) is 5.33. The monoisotopic (exact) mass is 210 g/mol. The first-order valence-corrected chi connectivity index (χ1v) is 5.57. The van der Waals surface area contributed by atoms with Gasteiger partial charge in [0.05, 0.1) is 6.61 Å². The van der Waals surface area contributed by atoms with Crippen molar-refractivity contribution in [1.29, 1.82) is 0 Å². The molecule has 0 aliphatic heterocycles. The molecule has 1 aromatic rings. The molecule has 3 heteroatoms. The van der Waals surface area contributed by atoms with E-state index < -0.39 is 0 Å². The highest BCUT2D eigenvalue weighted by molar-refractivity contribution is 5.06. The first-order valence-electron chi connectivity index (χ1n) is 5.57. The quantitative estimate of drug-likeness (QED) is 0.749. The van der Waals surface area contributed by atoms with Crippen LogP contribution in [0.3, 0.4) is 0 Å². The van der Waals surface area contributed by atoms with Crippen LogP contribution >= 0.6 is 0 Å². The Morgan fingerprint density at radius 2 is 2.27 bits per heavy atom. The van der Waals surface area contributed by atoms with E-state index in [4.69, 9.17) is 0 Å². The average Bonchev–Trinajstić information content (AvgIpc) is 2.62. The topological polar surface area (TPSA) is 37.2 Å². The Hall–Kier alpha value is -0.800. The first kappa shape index (κ1) is 12.3. The van der Waals surface area contributed by atoms with Crippen molar-refractivity contribution < 1.29 is 5.11 Å². The largest absolute Gasteiger partial charge is 0.394 e. The molecule has 0 aliphatic rings. The normalized spacial score (nSPS) is 15.2. The number of hydrogen-bond acceptors (Lipinski definition) is 2. The van der Waals surface area contributed by atoms with E-state index in [9.17, 15) is 5.11 Å². The van der Waals surface area contributed by atoms with Gasteiger partial charge in [-0.25, -0.2) is 0 Å². The summed E-state index contributed by atoms with van der Waals surface area (Å²) in [5.74, 6) is 0. The smallest absolute Gasteiger partial charge is 0.0610 e. The summed E-state index contributed by atoms with van der Waals surface area (Å²) in [5.41, 5.74) is 1.09. The van der Waals surface area contributed by atoms with Crippen molar-refractivity contribution in [1.82, 2.24) is 9.88 Å². The van der Waals surface area contributed by atoms with Gasteiger partial charge in [-0.2, -0.15) is 0 Å². The minimum absolute atomic E-state index is 0.154. The molecule has 1 heterocycles. The van der Waals surface area contributed by atoms with Gasteiger partial charge in [-0.15, -0.1) is 0 Å². The second-order valence-corrected chi connectivity index (χ2v) is 4.43. The van der Waals surface area contributed by atoms with E-state index in [-0.39, 0.29) is 12.1 Å². The molecule has 0 fully saturated rings. The standard InChI is InChI=1S/C12H22N2O/c1-4-7-12(2,10-15)13-9-11-6-5-8-14(11)3/h5-6,8,13,15H,4,7,9-10H2,1-3H3/t12-/m1/s1. The minimum Gasteiger partial charge on any atom is -0.394 e. The summed E-state index contributed by atoms with van der Waals surface area (Å²) in [6, 6.07) is 4.13. The fraction of sp³-hybridized carbons (Fsp3) is 0.667. The molecule has 0 bridgehead atoms. The number of aliphatic hydroxyl groups is 1. The van der Waals surface area contributed by atoms with Gasteiger partial charge >= 0.3 is 0 Å². The summed E-state index contributed by atoms with van der Waals surface area (Å²) >= 11 is 0. The molecule has 0 spiro atoms. The molecule has 1 rings (SSSR count). The van der Waals surface area contributed by atoms with Gasteiger partial charge < -0.3 is 15.0 Å². The van der Waals surface area contributed by atoms with Crippen LogP contribution in [0.1, 0.15) is 32.4 Å². The summed E-state index contributed by atoms with van der Waals surface area (Å²) in [4.78, 5) is 0. The number of nitrogens with one attached hydrogen (secondary N) is 1. The number of aryl methyl sites for hydroxylation is 1. The number of nitrogens with zero attached hydrogens (tertiary/aromatic N) is 1. The third kappa shape index (κ3) is 3.36. The van der Waals surface area contributed by atoms with Gasteiger partial charge in [-0.05, 0) is 25.5 Å². The van der Waals surface area contributed by atoms with Crippen LogP contribution in [0, 0.1) is 0 Å². The van der Waals surface area contributed by atoms with Gasteiger partial charge in [-0.1, -0.05) is 13.3 Å². The molecule has 2 N–H and O–H groups in total. The third-order valence-corrected chi connectivity index (χ3v) is 2.90. The zero-order valence-corrected chi connectivity index (χ0v) is 9.95. The lowest BCUT2D eigenvalue weighted by molar-refractivity contribution is 0.162. The van der Waals surface area contributed by atoms with Crippen LogP contribution in [0.5, 0.6) is 0 Å². The van der Waals surface area contributed by atoms with Crippen molar-refractivity contribution in [2.45, 2.75) is 38.8 Å². The highest BCUT2D eigenvalue weighted by Gasteiger charge is 2.21. The summed E-state index contributed by atoms with van der Waals surface area (Å²) in [5, 5.41) is 12.8. The molecule has 3 nitrogen and oxygen atoms in total. The molecule has 1 atom stereocenters. The number of aromatic nitrogens is 1. The maximum absolute atomic E-state index is 9.35. The average molecular weight is 210 g/mol. The van der Waals surface area contributed by atoms with Gasteiger partial charge in [0.2, 0.25) is 0 Å². The lowest BCUT2D eigenvalue weighted by Crippen LogP contribution is -2.45. The third-order valence-electron chi connectivity index (χ3n) is 2.90. The Bertz CT molecular complexity index is 296. The Morgan fingerprint density at radius 3 is 2.73 bits per heavy atom. The zero-order chi connectivity index (χ0) is 11.3. The van der Waals surface area contributed by atoms with Crippen molar-refractivity contribution in [2.75, 3.05) is 6.61 Å². The molecule has 0 aliphatic carbocycles. The lowest BCUT2D eigenvalue weighted by Gasteiger charge is -2.28. The molecule has 0 amide bonds. The second-order valence-electron chi connectivity index (χ2n) is 4.43. The zero-order valence-electron chi connectivity index (χ0n) is 9.95. The van der Waals surface area contributed by atoms with Crippen molar-refractivity contribution in [3.05, 3.63) is 24.0 Å². The van der Waals surface area contributed by atoms with E-state index >= 15 is 0 Å². The highest BCUT2D eigenvalue weighted by Crippen LogP contribution is 2.12. The molecule has 15 heavy (non-hydrogen) atoms. The Kier molecular flexibility index (Phi) is 4.36. The summed E-state index contributed by atoms with van der Waals surface area (Å²) in [7, 11) is 2.03. The Morgan fingerprint density at radius 1 is 1.53 bits per heavy atom. The van der Waals surface area contributed by atoms with Crippen LogP contribution in [0.15, 0.2) is 18.3 Å². The number of hydrogen-bond donors (Lipinski definition) is 2. The molecule has 0 aromatic carbocycles. The van der Waals surface area contributed by atoms with E-state index in [0.29, 0.717) is 0 Å². The minimum atomic E-state index is -0.154. The van der Waals surface area contributed by atoms with E-state index in [1.165, 1.54) is 5.69 Å². The fourth-order valence-electron chi connectivity index (χ4n) is 1.76. The van der Waals surface area contributed by atoms with Crippen molar-refractivity contribution in [3.8, 4) is 0 Å². The summed E-state index contributed by atoms with van der Waals surface area (Å²) in [6.07, 6.45) is 4.11. The van der Waals surface area contributed by atoms with E-state index in [2.05, 4.69) is 29.8 Å².